The van der Waals surface area contributed by atoms with Gasteiger partial charge in [-0.1, -0.05) is 11.6 Å². The van der Waals surface area contributed by atoms with Gasteiger partial charge in [-0.3, -0.25) is 9.59 Å². The number of benzene rings is 1. The number of aliphatic carboxylic acids is 1. The molecule has 19 heavy (non-hydrogen) atoms. The maximum Gasteiger partial charge on any atom is 0.394 e. The minimum absolute atomic E-state index is 0.166. The van der Waals surface area contributed by atoms with Gasteiger partial charge in [-0.2, -0.15) is 0 Å². The van der Waals surface area contributed by atoms with Crippen molar-refractivity contribution in [1.29, 1.82) is 0 Å². The number of carboxylic acid groups (broad SMARTS) is 1. The molecule has 0 radical (unpaired) electrons. The van der Waals surface area contributed by atoms with Crippen molar-refractivity contribution >= 4 is 40.1 Å². The highest BCUT2D eigenvalue weighted by Crippen LogP contribution is 2.22. The first kappa shape index (κ1) is 13.1. The highest BCUT2D eigenvalue weighted by Gasteiger charge is 2.15. The van der Waals surface area contributed by atoms with Gasteiger partial charge in [0.25, 0.3) is 0 Å². The molecule has 0 saturated heterocycles. The first-order valence-corrected chi connectivity index (χ1v) is 5.54. The van der Waals surface area contributed by atoms with Crippen LogP contribution >= 0.6 is 11.6 Å². The number of hydrogen-bond acceptors (Lipinski definition) is 4. The fraction of sp³-hybridized carbons (Fsp3) is 0.0833. The molecule has 7 heteroatoms. The second-order valence-electron chi connectivity index (χ2n) is 3.84. The molecule has 98 valence electrons. The van der Waals surface area contributed by atoms with Crippen LogP contribution in [0.2, 0.25) is 5.02 Å². The molecule has 2 aromatic rings. The molecule has 0 bridgehead atoms. The highest BCUT2D eigenvalue weighted by molar-refractivity contribution is 6.36. The van der Waals surface area contributed by atoms with Gasteiger partial charge in [0.15, 0.2) is 0 Å². The molecule has 0 fully saturated rings. The topological polar surface area (TPSA) is 96.6 Å². The third-order valence-electron chi connectivity index (χ3n) is 2.50. The molecule has 1 amide bonds. The lowest BCUT2D eigenvalue weighted by atomic mass is 10.1. The lowest BCUT2D eigenvalue weighted by Gasteiger charge is -2.04. The number of carboxylic acids is 1. The number of rotatable bonds is 1. The Kier molecular flexibility index (Phi) is 3.26. The Morgan fingerprint density at radius 2 is 2.05 bits per heavy atom. The summed E-state index contributed by atoms with van der Waals surface area (Å²) in [4.78, 5) is 33.4. The van der Waals surface area contributed by atoms with Crippen LogP contribution in [-0.4, -0.2) is 17.0 Å². The Bertz CT molecular complexity index is 750. The number of nitrogens with one attached hydrogen (secondary N) is 1. The normalized spacial score (nSPS) is 10.4. The number of carbonyl (C=O) groups is 2. The summed E-state index contributed by atoms with van der Waals surface area (Å²) in [7, 11) is 0. The average molecular weight is 282 g/mol. The van der Waals surface area contributed by atoms with Crippen LogP contribution in [0, 0.1) is 6.92 Å². The largest absolute Gasteiger partial charge is 0.474 e. The van der Waals surface area contributed by atoms with Crippen molar-refractivity contribution in [2.75, 3.05) is 5.32 Å². The van der Waals surface area contributed by atoms with Gasteiger partial charge in [0.1, 0.15) is 17.5 Å². The van der Waals surface area contributed by atoms with Gasteiger partial charge in [-0.25, -0.2) is 4.79 Å². The van der Waals surface area contributed by atoms with Gasteiger partial charge in [0.2, 0.25) is 5.43 Å². The number of amides is 1. The van der Waals surface area contributed by atoms with Crippen molar-refractivity contribution in [2.45, 2.75) is 6.92 Å². The highest BCUT2D eigenvalue weighted by atomic mass is 35.5. The number of carbonyl (C=O) groups excluding carboxylic acids is 1. The standard InChI is InChI=1S/C12H8ClNO5/c1-5-2-9-6(3-7(5)13)10(15)8(4-19-9)14-11(16)12(17)18/h2-4H,1H3,(H,14,16)(H,17,18). The van der Waals surface area contributed by atoms with E-state index in [1.54, 1.807) is 13.0 Å². The maximum absolute atomic E-state index is 12.0. The fourth-order valence-electron chi connectivity index (χ4n) is 1.51. The van der Waals surface area contributed by atoms with E-state index in [1.807, 2.05) is 5.32 Å². The summed E-state index contributed by atoms with van der Waals surface area (Å²) >= 11 is 5.91. The zero-order valence-electron chi connectivity index (χ0n) is 9.69. The zero-order chi connectivity index (χ0) is 14.2. The molecule has 1 heterocycles. The summed E-state index contributed by atoms with van der Waals surface area (Å²) in [6.07, 6.45) is 0.999. The molecule has 0 spiro atoms. The van der Waals surface area contributed by atoms with Gasteiger partial charge >= 0.3 is 11.9 Å². The molecule has 1 aromatic heterocycles. The Labute approximate surface area is 111 Å². The third kappa shape index (κ3) is 2.43. The van der Waals surface area contributed by atoms with Crippen molar-refractivity contribution in [3.63, 3.8) is 0 Å². The first-order chi connectivity index (χ1) is 8.90. The maximum atomic E-state index is 12.0. The van der Waals surface area contributed by atoms with E-state index in [9.17, 15) is 14.4 Å². The molecule has 1 aromatic carbocycles. The number of hydrogen-bond donors (Lipinski definition) is 2. The van der Waals surface area contributed by atoms with E-state index < -0.39 is 17.3 Å². The van der Waals surface area contributed by atoms with Crippen LogP contribution in [0.4, 0.5) is 5.69 Å². The Balaban J connectivity index is 2.58. The molecule has 0 atom stereocenters. The van der Waals surface area contributed by atoms with Gasteiger partial charge in [0.05, 0.1) is 5.39 Å². The van der Waals surface area contributed by atoms with Crippen LogP contribution in [0.3, 0.4) is 0 Å². The summed E-state index contributed by atoms with van der Waals surface area (Å²) in [6.45, 7) is 1.75. The van der Waals surface area contributed by atoms with E-state index in [2.05, 4.69) is 0 Å². The van der Waals surface area contributed by atoms with E-state index in [4.69, 9.17) is 21.1 Å². The van der Waals surface area contributed by atoms with E-state index >= 15 is 0 Å². The van der Waals surface area contributed by atoms with Crippen LogP contribution in [0.15, 0.2) is 27.6 Å². The summed E-state index contributed by atoms with van der Waals surface area (Å²) in [5.74, 6) is -3.01. The van der Waals surface area contributed by atoms with Gasteiger partial charge < -0.3 is 14.8 Å². The van der Waals surface area contributed by atoms with Crippen molar-refractivity contribution < 1.29 is 19.1 Å². The van der Waals surface area contributed by atoms with Crippen LogP contribution in [-0.2, 0) is 9.59 Å². The van der Waals surface area contributed by atoms with Crippen molar-refractivity contribution in [3.8, 4) is 0 Å². The molecular formula is C12H8ClNO5. The predicted octanol–water partition coefficient (Wildman–Crippen LogP) is 1.78. The van der Waals surface area contributed by atoms with Crippen LogP contribution in [0.25, 0.3) is 11.0 Å². The average Bonchev–Trinajstić information content (AvgIpc) is 2.35. The summed E-state index contributed by atoms with van der Waals surface area (Å²) in [6, 6.07) is 3.00. The second-order valence-corrected chi connectivity index (χ2v) is 4.24. The van der Waals surface area contributed by atoms with Crippen molar-refractivity contribution in [3.05, 3.63) is 39.2 Å². The Morgan fingerprint density at radius 3 is 2.68 bits per heavy atom. The van der Waals surface area contributed by atoms with Crippen molar-refractivity contribution in [2.24, 2.45) is 0 Å². The molecule has 0 unspecified atom stereocenters. The van der Waals surface area contributed by atoms with Gasteiger partial charge in [0, 0.05) is 5.02 Å². The minimum Gasteiger partial charge on any atom is -0.474 e. The summed E-state index contributed by atoms with van der Waals surface area (Å²) in [5, 5.41) is 11.0. The molecule has 0 saturated carbocycles. The predicted molar refractivity (Wildman–Crippen MR) is 68.5 cm³/mol. The molecule has 2 rings (SSSR count). The van der Waals surface area contributed by atoms with E-state index in [0.717, 1.165) is 11.8 Å². The van der Waals surface area contributed by atoms with Crippen LogP contribution < -0.4 is 10.7 Å². The Morgan fingerprint density at radius 1 is 1.37 bits per heavy atom. The number of aryl methyl sites for hydroxylation is 1. The van der Waals surface area contributed by atoms with Gasteiger partial charge in [-0.05, 0) is 24.6 Å². The smallest absolute Gasteiger partial charge is 0.394 e. The van der Waals surface area contributed by atoms with Gasteiger partial charge in [-0.15, -0.1) is 0 Å². The summed E-state index contributed by atoms with van der Waals surface area (Å²) < 4.78 is 5.17. The molecule has 0 aliphatic carbocycles. The van der Waals surface area contributed by atoms with E-state index in [1.165, 1.54) is 6.07 Å². The molecule has 2 N–H and O–H groups in total. The third-order valence-corrected chi connectivity index (χ3v) is 2.90. The molecule has 6 nitrogen and oxygen atoms in total. The monoisotopic (exact) mass is 281 g/mol. The lowest BCUT2D eigenvalue weighted by molar-refractivity contribution is -0.147. The summed E-state index contributed by atoms with van der Waals surface area (Å²) in [5.41, 5.74) is 0.234. The number of halogens is 1. The number of anilines is 1. The quantitative estimate of drug-likeness (QED) is 0.777. The Hall–Kier alpha value is -2.34. The van der Waals surface area contributed by atoms with Crippen molar-refractivity contribution in [1.82, 2.24) is 0 Å². The fourth-order valence-corrected chi connectivity index (χ4v) is 1.68. The minimum atomic E-state index is -1.69. The first-order valence-electron chi connectivity index (χ1n) is 5.16. The lowest BCUT2D eigenvalue weighted by Crippen LogP contribution is -2.25. The van der Waals surface area contributed by atoms with E-state index in [0.29, 0.717) is 10.6 Å². The zero-order valence-corrected chi connectivity index (χ0v) is 10.4. The molecule has 0 aliphatic heterocycles. The number of fused-ring (bicyclic) bond motifs is 1. The van der Waals surface area contributed by atoms with E-state index in [-0.39, 0.29) is 11.1 Å². The SMILES string of the molecule is Cc1cc2occ(NC(=O)C(=O)O)c(=O)c2cc1Cl. The van der Waals surface area contributed by atoms with Crippen LogP contribution in [0.1, 0.15) is 5.56 Å². The second kappa shape index (κ2) is 4.74. The molecule has 0 aliphatic rings. The van der Waals surface area contributed by atoms with Crippen LogP contribution in [0.5, 0.6) is 0 Å². The molecular weight excluding hydrogens is 274 g/mol.